The molecule has 0 saturated heterocycles. The molecule has 1 aliphatic rings. The number of hydrogen-bond donors (Lipinski definition) is 1. The zero-order chi connectivity index (χ0) is 12.3. The Hall–Kier alpha value is -1.48. The van der Waals surface area contributed by atoms with Crippen molar-refractivity contribution in [2.24, 2.45) is 0 Å². The fourth-order valence-electron chi connectivity index (χ4n) is 2.27. The second-order valence-corrected chi connectivity index (χ2v) is 4.28. The van der Waals surface area contributed by atoms with Crippen LogP contribution in [0.2, 0.25) is 0 Å². The summed E-state index contributed by atoms with van der Waals surface area (Å²) >= 11 is 0. The molecule has 0 bridgehead atoms. The molecule has 0 amide bonds. The Morgan fingerprint density at radius 2 is 2.18 bits per heavy atom. The molecule has 1 N–H and O–H groups in total. The van der Waals surface area contributed by atoms with E-state index in [1.54, 1.807) is 14.0 Å². The summed E-state index contributed by atoms with van der Waals surface area (Å²) in [5.41, 5.74) is 1.95. The third kappa shape index (κ3) is 2.44. The van der Waals surface area contributed by atoms with Gasteiger partial charge in [0.2, 0.25) is 0 Å². The Morgan fingerprint density at radius 1 is 1.35 bits per heavy atom. The molecule has 0 saturated carbocycles. The molecule has 0 aliphatic carbocycles. The van der Waals surface area contributed by atoms with E-state index < -0.39 is 6.10 Å². The second-order valence-electron chi connectivity index (χ2n) is 4.28. The predicted octanol–water partition coefficient (Wildman–Crippen LogP) is 2.51. The van der Waals surface area contributed by atoms with Crippen molar-refractivity contribution >= 4 is 5.69 Å². The van der Waals surface area contributed by atoms with Gasteiger partial charge in [0.1, 0.15) is 5.75 Å². The zero-order valence-electron chi connectivity index (χ0n) is 10.4. The number of rotatable bonds is 3. The number of hydrogen-bond acceptors (Lipinski definition) is 3. The van der Waals surface area contributed by atoms with Crippen molar-refractivity contribution in [1.82, 2.24) is 0 Å². The molecule has 1 aliphatic heterocycles. The molecule has 0 spiro atoms. The summed E-state index contributed by atoms with van der Waals surface area (Å²) in [6, 6.07) is 5.91. The number of aliphatic hydroxyl groups is 1. The molecular weight excluding hydrogens is 214 g/mol. The van der Waals surface area contributed by atoms with Gasteiger partial charge in [-0.3, -0.25) is 0 Å². The molecule has 2 rings (SSSR count). The van der Waals surface area contributed by atoms with Gasteiger partial charge in [0.05, 0.1) is 13.2 Å². The van der Waals surface area contributed by atoms with Gasteiger partial charge in [0.25, 0.3) is 0 Å². The first-order valence-electron chi connectivity index (χ1n) is 5.99. The monoisotopic (exact) mass is 233 g/mol. The van der Waals surface area contributed by atoms with Gasteiger partial charge in [-0.05, 0) is 25.5 Å². The van der Waals surface area contributed by atoms with Crippen LogP contribution >= 0.6 is 0 Å². The first-order valence-corrected chi connectivity index (χ1v) is 5.99. The van der Waals surface area contributed by atoms with Crippen molar-refractivity contribution < 1.29 is 9.84 Å². The molecule has 92 valence electrons. The van der Waals surface area contributed by atoms with Crippen LogP contribution in [-0.4, -0.2) is 25.3 Å². The van der Waals surface area contributed by atoms with Crippen molar-refractivity contribution in [2.45, 2.75) is 19.4 Å². The minimum absolute atomic E-state index is 0.521. The number of methoxy groups -OCH3 is 1. The Bertz CT molecular complexity index is 413. The zero-order valence-corrected chi connectivity index (χ0v) is 10.4. The van der Waals surface area contributed by atoms with Gasteiger partial charge in [-0.15, -0.1) is 0 Å². The lowest BCUT2D eigenvalue weighted by Gasteiger charge is -2.29. The summed E-state index contributed by atoms with van der Waals surface area (Å²) in [4.78, 5) is 2.27. The highest BCUT2D eigenvalue weighted by atomic mass is 16.5. The fourth-order valence-corrected chi connectivity index (χ4v) is 2.27. The normalized spacial score (nSPS) is 17.0. The second kappa shape index (κ2) is 5.23. The van der Waals surface area contributed by atoms with E-state index in [4.69, 9.17) is 4.74 Å². The molecule has 3 nitrogen and oxygen atoms in total. The van der Waals surface area contributed by atoms with E-state index in [0.29, 0.717) is 0 Å². The topological polar surface area (TPSA) is 32.7 Å². The Kier molecular flexibility index (Phi) is 3.69. The van der Waals surface area contributed by atoms with E-state index in [1.165, 1.54) is 0 Å². The molecular formula is C14H19NO2. The molecule has 0 aromatic heterocycles. The summed E-state index contributed by atoms with van der Waals surface area (Å²) in [5.74, 6) is 0.757. The highest BCUT2D eigenvalue weighted by molar-refractivity contribution is 5.61. The summed E-state index contributed by atoms with van der Waals surface area (Å²) in [6.45, 7) is 3.66. The van der Waals surface area contributed by atoms with E-state index >= 15 is 0 Å². The van der Waals surface area contributed by atoms with E-state index in [0.717, 1.165) is 36.5 Å². The summed E-state index contributed by atoms with van der Waals surface area (Å²) in [6.07, 6.45) is 4.89. The van der Waals surface area contributed by atoms with Crippen molar-refractivity contribution in [1.29, 1.82) is 0 Å². The van der Waals surface area contributed by atoms with Crippen LogP contribution < -0.4 is 9.64 Å². The van der Waals surface area contributed by atoms with Crippen LogP contribution in [0, 0.1) is 0 Å². The van der Waals surface area contributed by atoms with Crippen LogP contribution in [0.4, 0.5) is 5.69 Å². The lowest BCUT2D eigenvalue weighted by Crippen LogP contribution is -2.28. The maximum atomic E-state index is 9.92. The SMILES string of the molecule is COc1cccc(N2CC=CCC2)c1[C@@H](C)O. The Balaban J connectivity index is 2.41. The van der Waals surface area contributed by atoms with Gasteiger partial charge < -0.3 is 14.7 Å². The van der Waals surface area contributed by atoms with Crippen LogP contribution in [0.15, 0.2) is 30.4 Å². The smallest absolute Gasteiger partial charge is 0.126 e. The molecule has 1 aromatic carbocycles. The Morgan fingerprint density at radius 3 is 2.76 bits per heavy atom. The molecule has 1 heterocycles. The van der Waals surface area contributed by atoms with Gasteiger partial charge >= 0.3 is 0 Å². The highest BCUT2D eigenvalue weighted by Crippen LogP contribution is 2.35. The Labute approximate surface area is 102 Å². The molecule has 0 unspecified atom stereocenters. The molecule has 3 heteroatoms. The minimum Gasteiger partial charge on any atom is -0.496 e. The third-order valence-corrected chi connectivity index (χ3v) is 3.08. The maximum absolute atomic E-state index is 9.92. The number of nitrogens with zero attached hydrogens (tertiary/aromatic N) is 1. The van der Waals surface area contributed by atoms with Crippen molar-refractivity contribution in [3.8, 4) is 5.75 Å². The van der Waals surface area contributed by atoms with Gasteiger partial charge in [0, 0.05) is 24.3 Å². The fraction of sp³-hybridized carbons (Fsp3) is 0.429. The average Bonchev–Trinajstić information content (AvgIpc) is 2.38. The highest BCUT2D eigenvalue weighted by Gasteiger charge is 2.18. The van der Waals surface area contributed by atoms with Crippen LogP contribution in [0.3, 0.4) is 0 Å². The summed E-state index contributed by atoms with van der Waals surface area (Å²) in [7, 11) is 1.64. The van der Waals surface area contributed by atoms with Gasteiger partial charge in [-0.1, -0.05) is 18.2 Å². The number of aliphatic hydroxyl groups excluding tert-OH is 1. The van der Waals surface area contributed by atoms with E-state index in [1.807, 2.05) is 18.2 Å². The van der Waals surface area contributed by atoms with E-state index in [9.17, 15) is 5.11 Å². The largest absolute Gasteiger partial charge is 0.496 e. The molecule has 17 heavy (non-hydrogen) atoms. The van der Waals surface area contributed by atoms with Gasteiger partial charge in [0.15, 0.2) is 0 Å². The van der Waals surface area contributed by atoms with E-state index in [2.05, 4.69) is 17.1 Å². The van der Waals surface area contributed by atoms with Crippen LogP contribution in [0.25, 0.3) is 0 Å². The van der Waals surface area contributed by atoms with Gasteiger partial charge in [-0.25, -0.2) is 0 Å². The molecule has 0 fully saturated rings. The van der Waals surface area contributed by atoms with Crippen molar-refractivity contribution in [3.63, 3.8) is 0 Å². The standard InChI is InChI=1S/C14H19NO2/c1-11(16)14-12(7-6-8-13(14)17-2)15-9-4-3-5-10-15/h3-4,6-8,11,16H,5,9-10H2,1-2H3/t11-/m1/s1. The first-order chi connectivity index (χ1) is 8.24. The first kappa shape index (κ1) is 12.0. The van der Waals surface area contributed by atoms with Crippen molar-refractivity contribution in [2.75, 3.05) is 25.1 Å². The van der Waals surface area contributed by atoms with E-state index in [-0.39, 0.29) is 0 Å². The van der Waals surface area contributed by atoms with Crippen LogP contribution in [0.5, 0.6) is 5.75 Å². The van der Waals surface area contributed by atoms with Crippen molar-refractivity contribution in [3.05, 3.63) is 35.9 Å². The third-order valence-electron chi connectivity index (χ3n) is 3.08. The lowest BCUT2D eigenvalue weighted by molar-refractivity contribution is 0.194. The average molecular weight is 233 g/mol. The molecule has 0 radical (unpaired) electrons. The maximum Gasteiger partial charge on any atom is 0.126 e. The lowest BCUT2D eigenvalue weighted by atomic mass is 10.0. The molecule has 1 aromatic rings. The summed E-state index contributed by atoms with van der Waals surface area (Å²) < 4.78 is 5.33. The number of benzene rings is 1. The minimum atomic E-state index is -0.521. The number of anilines is 1. The summed E-state index contributed by atoms with van der Waals surface area (Å²) in [5, 5.41) is 9.92. The van der Waals surface area contributed by atoms with Crippen LogP contribution in [-0.2, 0) is 0 Å². The molecule has 1 atom stereocenters. The quantitative estimate of drug-likeness (QED) is 0.814. The van der Waals surface area contributed by atoms with Crippen LogP contribution in [0.1, 0.15) is 25.0 Å². The predicted molar refractivity (Wildman–Crippen MR) is 69.6 cm³/mol. The van der Waals surface area contributed by atoms with Gasteiger partial charge in [-0.2, -0.15) is 0 Å². The number of ether oxygens (including phenoxy) is 1.